The van der Waals surface area contributed by atoms with Gasteiger partial charge in [-0.1, -0.05) is 12.4 Å². The first-order chi connectivity index (χ1) is 4.86. The summed E-state index contributed by atoms with van der Waals surface area (Å²) in [5, 5.41) is 0. The van der Waals surface area contributed by atoms with Gasteiger partial charge in [-0.15, -0.1) is 0 Å². The van der Waals surface area contributed by atoms with Crippen molar-refractivity contribution < 1.29 is 51.4 Å². The van der Waals surface area contributed by atoms with Crippen LogP contribution in [0.1, 0.15) is 5.69 Å². The Labute approximate surface area is 107 Å². The monoisotopic (exact) mass is 171 g/mol. The van der Waals surface area contributed by atoms with E-state index in [9.17, 15) is 0 Å². The van der Waals surface area contributed by atoms with Gasteiger partial charge in [-0.25, -0.2) is 0 Å². The molecule has 2 heterocycles. The Balaban J connectivity index is 0.000000605. The summed E-state index contributed by atoms with van der Waals surface area (Å²) in [7, 11) is 0. The molecule has 2 aromatic rings. The maximum Gasteiger partial charge on any atom is 1.00 e. The Hall–Kier alpha value is 0.256. The number of aryl methyl sites for hydroxylation is 1. The standard InChI is InChI=1S/C7H6N3.K/c1-5-2-3-6-7(10-5)9-4-8-6;/h2-4H,1H3;/q-1;+1. The summed E-state index contributed by atoms with van der Waals surface area (Å²) in [5.41, 5.74) is 2.58. The largest absolute Gasteiger partial charge is 1.00 e. The van der Waals surface area contributed by atoms with Gasteiger partial charge in [-0.3, -0.25) is 4.98 Å². The van der Waals surface area contributed by atoms with Crippen LogP contribution in [0.5, 0.6) is 0 Å². The third-order valence-corrected chi connectivity index (χ3v) is 1.37. The molecule has 0 aromatic carbocycles. The Morgan fingerprint density at radius 2 is 2.18 bits per heavy atom. The second-order valence-corrected chi connectivity index (χ2v) is 2.17. The zero-order valence-corrected chi connectivity index (χ0v) is 9.70. The van der Waals surface area contributed by atoms with Crippen molar-refractivity contribution in [1.29, 1.82) is 0 Å². The fraction of sp³-hybridized carbons (Fsp3) is 0.143. The van der Waals surface area contributed by atoms with Crippen molar-refractivity contribution in [3.05, 3.63) is 24.2 Å². The van der Waals surface area contributed by atoms with E-state index in [1.54, 1.807) is 0 Å². The molecule has 0 bridgehead atoms. The molecule has 0 aliphatic heterocycles. The van der Waals surface area contributed by atoms with Gasteiger partial charge in [-0.2, -0.15) is 0 Å². The Morgan fingerprint density at radius 1 is 1.36 bits per heavy atom. The van der Waals surface area contributed by atoms with Gasteiger partial charge < -0.3 is 9.97 Å². The fourth-order valence-corrected chi connectivity index (χ4v) is 0.877. The van der Waals surface area contributed by atoms with Gasteiger partial charge in [0.25, 0.3) is 0 Å². The number of aromatic nitrogens is 3. The Kier molecular flexibility index (Phi) is 3.21. The topological polar surface area (TPSA) is 39.9 Å². The number of rotatable bonds is 0. The molecular formula is C7H6KN3. The summed E-state index contributed by atoms with van der Waals surface area (Å²) < 4.78 is 0. The molecule has 0 spiro atoms. The quantitative estimate of drug-likeness (QED) is 0.426. The van der Waals surface area contributed by atoms with Crippen LogP contribution in [-0.2, 0) is 0 Å². The second kappa shape index (κ2) is 3.78. The van der Waals surface area contributed by atoms with Gasteiger partial charge in [0.2, 0.25) is 0 Å². The molecule has 0 atom stereocenters. The molecule has 0 fully saturated rings. The molecule has 0 amide bonds. The van der Waals surface area contributed by atoms with Gasteiger partial charge in [0.15, 0.2) is 0 Å². The minimum atomic E-state index is 0. The summed E-state index contributed by atoms with van der Waals surface area (Å²) in [6, 6.07) is 3.85. The average Bonchev–Trinajstić information content (AvgIpc) is 2.33. The average molecular weight is 171 g/mol. The van der Waals surface area contributed by atoms with Crippen LogP contribution in [0, 0.1) is 6.92 Å². The second-order valence-electron chi connectivity index (χ2n) is 2.17. The van der Waals surface area contributed by atoms with Gasteiger partial charge in [-0.05, 0) is 18.5 Å². The van der Waals surface area contributed by atoms with Crippen molar-refractivity contribution in [2.24, 2.45) is 0 Å². The Bertz CT molecular complexity index is 355. The molecule has 0 radical (unpaired) electrons. The number of imidazole rings is 1. The van der Waals surface area contributed by atoms with Crippen LogP contribution in [0.4, 0.5) is 0 Å². The number of pyridine rings is 1. The van der Waals surface area contributed by atoms with Crippen LogP contribution in [0.3, 0.4) is 0 Å². The summed E-state index contributed by atoms with van der Waals surface area (Å²) in [6.45, 7) is 1.94. The molecule has 0 aliphatic carbocycles. The summed E-state index contributed by atoms with van der Waals surface area (Å²) >= 11 is 0. The van der Waals surface area contributed by atoms with Gasteiger partial charge in [0.05, 0.1) is 5.65 Å². The van der Waals surface area contributed by atoms with E-state index in [2.05, 4.69) is 15.0 Å². The van der Waals surface area contributed by atoms with E-state index in [-0.39, 0.29) is 51.4 Å². The fourth-order valence-electron chi connectivity index (χ4n) is 0.877. The molecule has 2 rings (SSSR count). The number of hydrogen-bond acceptors (Lipinski definition) is 2. The van der Waals surface area contributed by atoms with Crippen LogP contribution in [0.25, 0.3) is 11.2 Å². The molecule has 50 valence electrons. The minimum absolute atomic E-state index is 0. The van der Waals surface area contributed by atoms with E-state index in [1.807, 2.05) is 19.1 Å². The van der Waals surface area contributed by atoms with Crippen molar-refractivity contribution >= 4 is 11.2 Å². The van der Waals surface area contributed by atoms with E-state index in [0.717, 1.165) is 16.9 Å². The molecule has 0 unspecified atom stereocenters. The first kappa shape index (κ1) is 9.35. The first-order valence-corrected chi connectivity index (χ1v) is 3.07. The molecular weight excluding hydrogens is 165 g/mol. The molecule has 4 heteroatoms. The van der Waals surface area contributed by atoms with Crippen LogP contribution in [0.15, 0.2) is 18.5 Å². The van der Waals surface area contributed by atoms with E-state index < -0.39 is 0 Å². The molecule has 0 saturated heterocycles. The Morgan fingerprint density at radius 3 is 3.00 bits per heavy atom. The van der Waals surface area contributed by atoms with E-state index in [4.69, 9.17) is 0 Å². The van der Waals surface area contributed by atoms with Crippen molar-refractivity contribution in [3.63, 3.8) is 0 Å². The molecule has 11 heavy (non-hydrogen) atoms. The summed E-state index contributed by atoms with van der Waals surface area (Å²) in [4.78, 5) is 12.1. The van der Waals surface area contributed by atoms with Crippen LogP contribution < -0.4 is 56.4 Å². The smallest absolute Gasteiger partial charge is 0.442 e. The SMILES string of the molecule is Cc1ccc2[n-]cnc2n1.[K+]. The van der Waals surface area contributed by atoms with E-state index >= 15 is 0 Å². The molecule has 0 saturated carbocycles. The summed E-state index contributed by atoms with van der Waals surface area (Å²) in [5.74, 6) is 0. The molecule has 0 N–H and O–H groups in total. The van der Waals surface area contributed by atoms with Crippen molar-refractivity contribution in [2.45, 2.75) is 6.92 Å². The zero-order valence-electron chi connectivity index (χ0n) is 6.57. The van der Waals surface area contributed by atoms with Gasteiger partial charge in [0, 0.05) is 5.69 Å². The summed E-state index contributed by atoms with van der Waals surface area (Å²) in [6.07, 6.45) is 1.52. The van der Waals surface area contributed by atoms with Crippen molar-refractivity contribution in [2.75, 3.05) is 0 Å². The van der Waals surface area contributed by atoms with Crippen molar-refractivity contribution in [3.8, 4) is 0 Å². The maximum atomic E-state index is 4.16. The predicted molar refractivity (Wildman–Crippen MR) is 37.6 cm³/mol. The minimum Gasteiger partial charge on any atom is -0.442 e. The predicted octanol–water partition coefficient (Wildman–Crippen LogP) is -2.10. The van der Waals surface area contributed by atoms with Crippen LogP contribution >= 0.6 is 0 Å². The molecule has 2 aromatic heterocycles. The van der Waals surface area contributed by atoms with Gasteiger partial charge in [0.1, 0.15) is 0 Å². The van der Waals surface area contributed by atoms with Crippen LogP contribution in [0.2, 0.25) is 0 Å². The maximum absolute atomic E-state index is 4.16. The number of nitrogens with zero attached hydrogens (tertiary/aromatic N) is 3. The first-order valence-electron chi connectivity index (χ1n) is 3.07. The van der Waals surface area contributed by atoms with Crippen LogP contribution in [-0.4, -0.2) is 9.97 Å². The molecule has 3 nitrogen and oxygen atoms in total. The molecule has 0 aliphatic rings. The zero-order chi connectivity index (χ0) is 6.97. The van der Waals surface area contributed by atoms with Crippen molar-refractivity contribution in [1.82, 2.24) is 15.0 Å². The van der Waals surface area contributed by atoms with E-state index in [0.29, 0.717) is 0 Å². The number of fused-ring (bicyclic) bond motifs is 1. The van der Waals surface area contributed by atoms with E-state index in [1.165, 1.54) is 6.33 Å². The van der Waals surface area contributed by atoms with Gasteiger partial charge >= 0.3 is 51.4 Å². The number of hydrogen-bond donors (Lipinski definition) is 0. The normalized spacial score (nSPS) is 9.55. The third kappa shape index (κ3) is 1.89. The third-order valence-electron chi connectivity index (χ3n) is 1.37.